The number of aryl methyl sites for hydroxylation is 2. The molecule has 0 aliphatic rings. The molecule has 0 spiro atoms. The van der Waals surface area contributed by atoms with Gasteiger partial charge in [-0.2, -0.15) is 0 Å². The Morgan fingerprint density at radius 3 is 2.55 bits per heavy atom. The fourth-order valence-corrected chi connectivity index (χ4v) is 1.74. The number of rotatable bonds is 6. The molecule has 0 aliphatic heterocycles. The number of hydrogen-bond donors (Lipinski definition) is 2. The van der Waals surface area contributed by atoms with Gasteiger partial charge in [-0.15, -0.1) is 0 Å². The zero-order valence-electron chi connectivity index (χ0n) is 12.1. The summed E-state index contributed by atoms with van der Waals surface area (Å²) in [6.45, 7) is 4.63. The third-order valence-corrected chi connectivity index (χ3v) is 2.79. The van der Waals surface area contributed by atoms with Gasteiger partial charge in [0.1, 0.15) is 17.5 Å². The molecule has 0 fully saturated rings. The van der Waals surface area contributed by atoms with Crippen LogP contribution >= 0.6 is 0 Å². The van der Waals surface area contributed by atoms with E-state index in [1.54, 1.807) is 12.4 Å². The molecule has 0 atom stereocenters. The quantitative estimate of drug-likeness (QED) is 0.839. The van der Waals surface area contributed by atoms with Crippen molar-refractivity contribution in [3.63, 3.8) is 0 Å². The minimum Gasteiger partial charge on any atom is -0.373 e. The maximum absolute atomic E-state index is 4.49. The first kappa shape index (κ1) is 14.2. The van der Waals surface area contributed by atoms with Crippen LogP contribution in [0.1, 0.15) is 30.6 Å². The molecule has 0 radical (unpaired) electrons. The molecule has 0 aromatic carbocycles. The second-order valence-corrected chi connectivity index (χ2v) is 4.56. The molecular formula is C14H20N6. The normalized spacial score (nSPS) is 10.3. The molecule has 6 nitrogen and oxygen atoms in total. The van der Waals surface area contributed by atoms with Crippen LogP contribution in [0.3, 0.4) is 0 Å². The van der Waals surface area contributed by atoms with E-state index < -0.39 is 0 Å². The predicted octanol–water partition coefficient (Wildman–Crippen LogP) is 2.18. The summed E-state index contributed by atoms with van der Waals surface area (Å²) in [5.41, 5.74) is 1.80. The van der Waals surface area contributed by atoms with Crippen LogP contribution in [0.25, 0.3) is 0 Å². The van der Waals surface area contributed by atoms with Crippen LogP contribution in [0.4, 0.5) is 11.6 Å². The summed E-state index contributed by atoms with van der Waals surface area (Å²) in [5.74, 6) is 2.47. The highest BCUT2D eigenvalue weighted by Gasteiger charge is 2.04. The van der Waals surface area contributed by atoms with Gasteiger partial charge in [-0.05, 0) is 13.3 Å². The summed E-state index contributed by atoms with van der Waals surface area (Å²) < 4.78 is 0. The second-order valence-electron chi connectivity index (χ2n) is 4.56. The molecule has 0 bridgehead atoms. The lowest BCUT2D eigenvalue weighted by Gasteiger charge is -2.09. The van der Waals surface area contributed by atoms with Crippen LogP contribution in [0.5, 0.6) is 0 Å². The Morgan fingerprint density at radius 1 is 1.10 bits per heavy atom. The fourth-order valence-electron chi connectivity index (χ4n) is 1.74. The van der Waals surface area contributed by atoms with E-state index in [0.29, 0.717) is 6.54 Å². The molecule has 0 amide bonds. The van der Waals surface area contributed by atoms with E-state index in [2.05, 4.69) is 37.5 Å². The van der Waals surface area contributed by atoms with Gasteiger partial charge in [-0.25, -0.2) is 9.97 Å². The Labute approximate surface area is 119 Å². The van der Waals surface area contributed by atoms with Crippen LogP contribution < -0.4 is 10.6 Å². The molecule has 20 heavy (non-hydrogen) atoms. The number of hydrogen-bond acceptors (Lipinski definition) is 6. The Morgan fingerprint density at radius 2 is 1.90 bits per heavy atom. The molecule has 0 unspecified atom stereocenters. The Hall–Kier alpha value is -2.24. The van der Waals surface area contributed by atoms with E-state index in [4.69, 9.17) is 0 Å². The first-order chi connectivity index (χ1) is 9.71. The Kier molecular flexibility index (Phi) is 4.81. The van der Waals surface area contributed by atoms with E-state index in [1.807, 2.05) is 20.0 Å². The molecule has 6 heteroatoms. The molecule has 106 valence electrons. The highest BCUT2D eigenvalue weighted by atomic mass is 15.1. The van der Waals surface area contributed by atoms with Gasteiger partial charge in [0.2, 0.25) is 0 Å². The van der Waals surface area contributed by atoms with Gasteiger partial charge >= 0.3 is 0 Å². The molecule has 2 aromatic heterocycles. The Balaban J connectivity index is 2.07. The Bertz CT molecular complexity index is 552. The molecule has 0 saturated heterocycles. The van der Waals surface area contributed by atoms with Crippen molar-refractivity contribution in [1.29, 1.82) is 0 Å². The summed E-state index contributed by atoms with van der Waals surface area (Å²) in [6, 6.07) is 1.89. The van der Waals surface area contributed by atoms with Crippen molar-refractivity contribution in [1.82, 2.24) is 19.9 Å². The molecule has 2 N–H and O–H groups in total. The fraction of sp³-hybridized carbons (Fsp3) is 0.429. The minimum atomic E-state index is 0.596. The van der Waals surface area contributed by atoms with Crippen molar-refractivity contribution in [3.05, 3.63) is 35.7 Å². The summed E-state index contributed by atoms with van der Waals surface area (Å²) in [6.07, 6.45) is 5.43. The molecule has 2 aromatic rings. The van der Waals surface area contributed by atoms with Gasteiger partial charge in [0.15, 0.2) is 0 Å². The van der Waals surface area contributed by atoms with Crippen LogP contribution in [-0.4, -0.2) is 27.0 Å². The van der Waals surface area contributed by atoms with Crippen molar-refractivity contribution in [3.8, 4) is 0 Å². The smallest absolute Gasteiger partial charge is 0.133 e. The van der Waals surface area contributed by atoms with E-state index in [-0.39, 0.29) is 0 Å². The molecule has 0 aliphatic carbocycles. The maximum atomic E-state index is 4.49. The third-order valence-electron chi connectivity index (χ3n) is 2.79. The average molecular weight is 272 g/mol. The lowest BCUT2D eigenvalue weighted by atomic mass is 10.3. The van der Waals surface area contributed by atoms with E-state index in [1.165, 1.54) is 0 Å². The van der Waals surface area contributed by atoms with Crippen LogP contribution in [-0.2, 0) is 13.0 Å². The van der Waals surface area contributed by atoms with E-state index >= 15 is 0 Å². The lowest BCUT2D eigenvalue weighted by molar-refractivity contribution is 0.834. The summed E-state index contributed by atoms with van der Waals surface area (Å²) in [7, 11) is 1.85. The second kappa shape index (κ2) is 6.79. The summed E-state index contributed by atoms with van der Waals surface area (Å²) in [5, 5.41) is 6.31. The van der Waals surface area contributed by atoms with E-state index in [9.17, 15) is 0 Å². The van der Waals surface area contributed by atoms with Crippen LogP contribution in [0.2, 0.25) is 0 Å². The number of nitrogens with one attached hydrogen (secondary N) is 2. The van der Waals surface area contributed by atoms with Crippen molar-refractivity contribution in [2.75, 3.05) is 17.7 Å². The summed E-state index contributed by atoms with van der Waals surface area (Å²) >= 11 is 0. The summed E-state index contributed by atoms with van der Waals surface area (Å²) in [4.78, 5) is 17.4. The van der Waals surface area contributed by atoms with Crippen molar-refractivity contribution in [2.45, 2.75) is 33.2 Å². The number of anilines is 2. The van der Waals surface area contributed by atoms with E-state index in [0.717, 1.165) is 41.7 Å². The maximum Gasteiger partial charge on any atom is 0.133 e. The van der Waals surface area contributed by atoms with Gasteiger partial charge in [0.05, 0.1) is 24.1 Å². The zero-order chi connectivity index (χ0) is 14.4. The zero-order valence-corrected chi connectivity index (χ0v) is 12.1. The first-order valence-corrected chi connectivity index (χ1v) is 6.78. The van der Waals surface area contributed by atoms with Crippen molar-refractivity contribution in [2.24, 2.45) is 0 Å². The van der Waals surface area contributed by atoms with Gasteiger partial charge in [0, 0.05) is 25.7 Å². The number of aromatic nitrogens is 4. The molecule has 0 saturated carbocycles. The molecule has 2 rings (SSSR count). The predicted molar refractivity (Wildman–Crippen MR) is 79.7 cm³/mol. The van der Waals surface area contributed by atoms with Crippen LogP contribution in [0, 0.1) is 6.92 Å². The first-order valence-electron chi connectivity index (χ1n) is 6.78. The van der Waals surface area contributed by atoms with Gasteiger partial charge in [0.25, 0.3) is 0 Å². The topological polar surface area (TPSA) is 75.6 Å². The molecular weight excluding hydrogens is 252 g/mol. The SMILES string of the molecule is CCCc1nc(NC)cc(NCc2cnc(C)cn2)n1. The average Bonchev–Trinajstić information content (AvgIpc) is 2.47. The minimum absolute atomic E-state index is 0.596. The highest BCUT2D eigenvalue weighted by Crippen LogP contribution is 2.12. The third kappa shape index (κ3) is 3.88. The number of nitrogens with zero attached hydrogens (tertiary/aromatic N) is 4. The van der Waals surface area contributed by atoms with Crippen molar-refractivity contribution >= 4 is 11.6 Å². The highest BCUT2D eigenvalue weighted by molar-refractivity contribution is 5.47. The monoisotopic (exact) mass is 272 g/mol. The lowest BCUT2D eigenvalue weighted by Crippen LogP contribution is -2.08. The van der Waals surface area contributed by atoms with Gasteiger partial charge < -0.3 is 10.6 Å². The van der Waals surface area contributed by atoms with Gasteiger partial charge in [-0.3, -0.25) is 9.97 Å². The molecule has 2 heterocycles. The largest absolute Gasteiger partial charge is 0.373 e. The van der Waals surface area contributed by atoms with Crippen LogP contribution in [0.15, 0.2) is 18.5 Å². The standard InChI is InChI=1S/C14H20N6/c1-4-5-12-19-13(15-3)6-14(20-12)18-9-11-8-16-10(2)7-17-11/h6-8H,4-5,9H2,1-3H3,(H2,15,18,19,20). The van der Waals surface area contributed by atoms with Crippen molar-refractivity contribution < 1.29 is 0 Å². The van der Waals surface area contributed by atoms with Gasteiger partial charge in [-0.1, -0.05) is 6.92 Å².